The first-order valence-electron chi connectivity index (χ1n) is 9.66. The van der Waals surface area contributed by atoms with Crippen LogP contribution in [-0.2, 0) is 4.79 Å². The molecule has 1 N–H and O–H groups in total. The van der Waals surface area contributed by atoms with E-state index in [9.17, 15) is 4.79 Å². The Labute approximate surface area is 151 Å². The number of anilines is 1. The standard InChI is InChI=1S/C19H31N5O/c1-15-6-3-10-23(12-15)13-16(2)22-18(25)17-7-4-11-24(14-17)19-20-8-5-9-21-19/h5,8-9,15-17H,3-4,6-7,10-14H2,1-2H3,(H,22,25)/t15-,16-,17+/m1/s1. The van der Waals surface area contributed by atoms with E-state index in [0.717, 1.165) is 50.9 Å². The van der Waals surface area contributed by atoms with E-state index in [1.165, 1.54) is 12.8 Å². The molecule has 0 radical (unpaired) electrons. The minimum absolute atomic E-state index is 0.0280. The normalized spacial score (nSPS) is 26.2. The van der Waals surface area contributed by atoms with Gasteiger partial charge in [0, 0.05) is 44.6 Å². The molecule has 2 aliphatic heterocycles. The maximum absolute atomic E-state index is 12.7. The maximum atomic E-state index is 12.7. The fourth-order valence-corrected chi connectivity index (χ4v) is 4.07. The van der Waals surface area contributed by atoms with Crippen LogP contribution in [-0.4, -0.2) is 59.5 Å². The van der Waals surface area contributed by atoms with Gasteiger partial charge >= 0.3 is 0 Å². The van der Waals surface area contributed by atoms with Crippen molar-refractivity contribution in [3.63, 3.8) is 0 Å². The molecule has 1 aromatic rings. The summed E-state index contributed by atoms with van der Waals surface area (Å²) in [5.41, 5.74) is 0. The molecule has 0 aliphatic carbocycles. The summed E-state index contributed by atoms with van der Waals surface area (Å²) in [6.07, 6.45) is 8.08. The Morgan fingerprint density at radius 2 is 2.00 bits per heavy atom. The van der Waals surface area contributed by atoms with Crippen molar-refractivity contribution >= 4 is 11.9 Å². The van der Waals surface area contributed by atoms with Gasteiger partial charge in [-0.1, -0.05) is 6.92 Å². The summed E-state index contributed by atoms with van der Waals surface area (Å²) in [7, 11) is 0. The lowest BCUT2D eigenvalue weighted by Crippen LogP contribution is -2.49. The van der Waals surface area contributed by atoms with Crippen LogP contribution in [0.4, 0.5) is 5.95 Å². The second-order valence-corrected chi connectivity index (χ2v) is 7.75. The van der Waals surface area contributed by atoms with Crippen molar-refractivity contribution in [2.75, 3.05) is 37.6 Å². The van der Waals surface area contributed by atoms with Crippen LogP contribution in [0.1, 0.15) is 39.5 Å². The lowest BCUT2D eigenvalue weighted by Gasteiger charge is -2.35. The van der Waals surface area contributed by atoms with E-state index in [1.807, 2.05) is 6.07 Å². The number of hydrogen-bond donors (Lipinski definition) is 1. The number of likely N-dealkylation sites (tertiary alicyclic amines) is 1. The van der Waals surface area contributed by atoms with Crippen molar-refractivity contribution in [2.45, 2.75) is 45.6 Å². The zero-order valence-corrected chi connectivity index (χ0v) is 15.5. The predicted octanol–water partition coefficient (Wildman–Crippen LogP) is 1.93. The average molecular weight is 345 g/mol. The smallest absolute Gasteiger partial charge is 0.225 e. The molecule has 0 bridgehead atoms. The summed E-state index contributed by atoms with van der Waals surface area (Å²) in [5, 5.41) is 3.24. The second kappa shape index (κ2) is 8.61. The van der Waals surface area contributed by atoms with Gasteiger partial charge in [0.25, 0.3) is 0 Å². The van der Waals surface area contributed by atoms with Crippen molar-refractivity contribution in [1.82, 2.24) is 20.2 Å². The number of hydrogen-bond acceptors (Lipinski definition) is 5. The molecule has 25 heavy (non-hydrogen) atoms. The van der Waals surface area contributed by atoms with Crippen LogP contribution in [0.25, 0.3) is 0 Å². The first-order chi connectivity index (χ1) is 12.1. The van der Waals surface area contributed by atoms with Crippen molar-refractivity contribution in [3.05, 3.63) is 18.5 Å². The Morgan fingerprint density at radius 1 is 1.24 bits per heavy atom. The Bertz CT molecular complexity index is 552. The van der Waals surface area contributed by atoms with E-state index >= 15 is 0 Å². The third-order valence-corrected chi connectivity index (χ3v) is 5.29. The second-order valence-electron chi connectivity index (χ2n) is 7.75. The van der Waals surface area contributed by atoms with Crippen LogP contribution < -0.4 is 10.2 Å². The molecule has 1 amide bonds. The summed E-state index contributed by atoms with van der Waals surface area (Å²) in [5.74, 6) is 1.71. The highest BCUT2D eigenvalue weighted by Crippen LogP contribution is 2.20. The van der Waals surface area contributed by atoms with Gasteiger partial charge in [0.1, 0.15) is 0 Å². The highest BCUT2D eigenvalue weighted by molar-refractivity contribution is 5.79. The fourth-order valence-electron chi connectivity index (χ4n) is 4.07. The van der Waals surface area contributed by atoms with Gasteiger partial charge in [0.05, 0.1) is 5.92 Å². The molecular weight excluding hydrogens is 314 g/mol. The molecule has 1 aromatic heterocycles. The summed E-state index contributed by atoms with van der Waals surface area (Å²) in [4.78, 5) is 26.0. The Balaban J connectivity index is 1.48. The van der Waals surface area contributed by atoms with Gasteiger partial charge in [-0.3, -0.25) is 4.79 Å². The average Bonchev–Trinajstić information content (AvgIpc) is 2.62. The van der Waals surface area contributed by atoms with Crippen LogP contribution >= 0.6 is 0 Å². The molecule has 0 unspecified atom stereocenters. The lowest BCUT2D eigenvalue weighted by atomic mass is 9.97. The van der Waals surface area contributed by atoms with Gasteiger partial charge in [-0.2, -0.15) is 0 Å². The van der Waals surface area contributed by atoms with Crippen molar-refractivity contribution < 1.29 is 4.79 Å². The molecule has 138 valence electrons. The minimum Gasteiger partial charge on any atom is -0.352 e. The highest BCUT2D eigenvalue weighted by atomic mass is 16.2. The van der Waals surface area contributed by atoms with Gasteiger partial charge < -0.3 is 15.1 Å². The topological polar surface area (TPSA) is 61.4 Å². The molecular formula is C19H31N5O. The van der Waals surface area contributed by atoms with Gasteiger partial charge in [0.2, 0.25) is 11.9 Å². The molecule has 0 saturated carbocycles. The first-order valence-corrected chi connectivity index (χ1v) is 9.66. The van der Waals surface area contributed by atoms with E-state index in [1.54, 1.807) is 12.4 Å². The number of carbonyl (C=O) groups excluding carboxylic acids is 1. The van der Waals surface area contributed by atoms with Crippen molar-refractivity contribution in [1.29, 1.82) is 0 Å². The molecule has 2 aliphatic rings. The molecule has 2 fully saturated rings. The third-order valence-electron chi connectivity index (χ3n) is 5.29. The maximum Gasteiger partial charge on any atom is 0.225 e. The number of nitrogens with zero attached hydrogens (tertiary/aromatic N) is 4. The molecule has 3 atom stereocenters. The summed E-state index contributed by atoms with van der Waals surface area (Å²) >= 11 is 0. The molecule has 0 aromatic carbocycles. The molecule has 2 saturated heterocycles. The number of nitrogens with one attached hydrogen (secondary N) is 1. The van der Waals surface area contributed by atoms with Crippen LogP contribution in [0.15, 0.2) is 18.5 Å². The SMILES string of the molecule is C[C@@H]1CCCN(C[C@@H](C)NC(=O)[C@H]2CCCN(c3ncccn3)C2)C1. The summed E-state index contributed by atoms with van der Waals surface area (Å²) in [6.45, 7) is 9.35. The minimum atomic E-state index is 0.0280. The van der Waals surface area contributed by atoms with Gasteiger partial charge in [0.15, 0.2) is 0 Å². The molecule has 0 spiro atoms. The largest absolute Gasteiger partial charge is 0.352 e. The summed E-state index contributed by atoms with van der Waals surface area (Å²) < 4.78 is 0. The number of rotatable bonds is 5. The van der Waals surface area contributed by atoms with Crippen molar-refractivity contribution in [2.24, 2.45) is 11.8 Å². The molecule has 3 heterocycles. The van der Waals surface area contributed by atoms with Gasteiger partial charge in [-0.15, -0.1) is 0 Å². The number of aromatic nitrogens is 2. The zero-order valence-electron chi connectivity index (χ0n) is 15.5. The quantitative estimate of drug-likeness (QED) is 0.883. The van der Waals surface area contributed by atoms with E-state index < -0.39 is 0 Å². The molecule has 3 rings (SSSR count). The van der Waals surface area contributed by atoms with Gasteiger partial charge in [-0.25, -0.2) is 9.97 Å². The van der Waals surface area contributed by atoms with E-state index in [-0.39, 0.29) is 17.9 Å². The fraction of sp³-hybridized carbons (Fsp3) is 0.737. The van der Waals surface area contributed by atoms with E-state index in [0.29, 0.717) is 6.54 Å². The first kappa shape index (κ1) is 18.1. The predicted molar refractivity (Wildman–Crippen MR) is 99.4 cm³/mol. The number of amides is 1. The Morgan fingerprint density at radius 3 is 2.76 bits per heavy atom. The Hall–Kier alpha value is -1.69. The van der Waals surface area contributed by atoms with E-state index in [2.05, 4.69) is 38.9 Å². The highest BCUT2D eigenvalue weighted by Gasteiger charge is 2.28. The van der Waals surface area contributed by atoms with Crippen LogP contribution in [0.2, 0.25) is 0 Å². The van der Waals surface area contributed by atoms with Gasteiger partial charge in [-0.05, 0) is 51.1 Å². The monoisotopic (exact) mass is 345 g/mol. The molecule has 6 heteroatoms. The lowest BCUT2D eigenvalue weighted by molar-refractivity contribution is -0.126. The number of carbonyl (C=O) groups is 1. The summed E-state index contributed by atoms with van der Waals surface area (Å²) in [6, 6.07) is 2.02. The third kappa shape index (κ3) is 5.14. The van der Waals surface area contributed by atoms with Crippen LogP contribution in [0.5, 0.6) is 0 Å². The van der Waals surface area contributed by atoms with Crippen LogP contribution in [0.3, 0.4) is 0 Å². The van der Waals surface area contributed by atoms with E-state index in [4.69, 9.17) is 0 Å². The van der Waals surface area contributed by atoms with Crippen molar-refractivity contribution in [3.8, 4) is 0 Å². The van der Waals surface area contributed by atoms with Crippen LogP contribution in [0, 0.1) is 11.8 Å². The zero-order chi connectivity index (χ0) is 17.6. The Kier molecular flexibility index (Phi) is 6.24. The molecule has 6 nitrogen and oxygen atoms in total. The number of piperidine rings is 2.